The molecule has 0 aliphatic carbocycles. The van der Waals surface area contributed by atoms with Crippen LogP contribution in [0.5, 0.6) is 5.75 Å². The molecule has 144 valence electrons. The lowest BCUT2D eigenvalue weighted by Gasteiger charge is -2.06. The lowest BCUT2D eigenvalue weighted by Crippen LogP contribution is -2.32. The number of ether oxygens (including phenoxy) is 1. The minimum Gasteiger partial charge on any atom is -0.486 e. The minimum atomic E-state index is -0.479. The number of aryl methyl sites for hydroxylation is 1. The van der Waals surface area contributed by atoms with Crippen molar-refractivity contribution >= 4 is 29.1 Å². The molecule has 3 aromatic rings. The third-order valence-corrected chi connectivity index (χ3v) is 4.08. The molecule has 0 bridgehead atoms. The zero-order chi connectivity index (χ0) is 19.9. The first-order valence-electron chi connectivity index (χ1n) is 8.61. The molecule has 0 radical (unpaired) electrons. The van der Waals surface area contributed by atoms with Gasteiger partial charge in [0.25, 0.3) is 5.91 Å². The summed E-state index contributed by atoms with van der Waals surface area (Å²) in [5.41, 5.74) is 1.74. The van der Waals surface area contributed by atoms with Gasteiger partial charge in [-0.3, -0.25) is 9.59 Å². The van der Waals surface area contributed by atoms with Crippen molar-refractivity contribution in [2.45, 2.75) is 13.5 Å². The number of anilines is 1. The molecule has 0 saturated carbocycles. The van der Waals surface area contributed by atoms with Crippen molar-refractivity contribution in [2.75, 3.05) is 11.9 Å². The maximum absolute atomic E-state index is 12.1. The number of amides is 2. The summed E-state index contributed by atoms with van der Waals surface area (Å²) in [6.45, 7) is 2.02. The molecule has 0 spiro atoms. The van der Waals surface area contributed by atoms with Crippen LogP contribution in [0.2, 0.25) is 5.02 Å². The Bertz CT molecular complexity index is 949. The van der Waals surface area contributed by atoms with Crippen molar-refractivity contribution in [2.24, 2.45) is 0 Å². The largest absolute Gasteiger partial charge is 0.486 e. The summed E-state index contributed by atoms with van der Waals surface area (Å²) in [7, 11) is 0. The van der Waals surface area contributed by atoms with E-state index in [1.165, 1.54) is 0 Å². The van der Waals surface area contributed by atoms with Crippen molar-refractivity contribution in [3.8, 4) is 5.75 Å². The molecule has 1 heterocycles. The fourth-order valence-electron chi connectivity index (χ4n) is 2.35. The number of nitrogens with one attached hydrogen (secondary N) is 2. The van der Waals surface area contributed by atoms with Gasteiger partial charge in [0.15, 0.2) is 5.76 Å². The number of rotatable bonds is 7. The smallest absolute Gasteiger partial charge is 0.287 e. The summed E-state index contributed by atoms with van der Waals surface area (Å²) in [5.74, 6) is 0.503. The van der Waals surface area contributed by atoms with Crippen LogP contribution in [0.25, 0.3) is 0 Å². The minimum absolute atomic E-state index is 0.113. The van der Waals surface area contributed by atoms with E-state index in [1.54, 1.807) is 36.4 Å². The van der Waals surface area contributed by atoms with Gasteiger partial charge in [-0.2, -0.15) is 0 Å². The predicted octanol–water partition coefficient (Wildman–Crippen LogP) is 4.19. The lowest BCUT2D eigenvalue weighted by atomic mass is 10.2. The lowest BCUT2D eigenvalue weighted by molar-refractivity contribution is -0.115. The predicted molar refractivity (Wildman–Crippen MR) is 107 cm³/mol. The maximum Gasteiger partial charge on any atom is 0.287 e. The van der Waals surface area contributed by atoms with Gasteiger partial charge in [-0.05, 0) is 55.5 Å². The van der Waals surface area contributed by atoms with Gasteiger partial charge in [0.05, 0.1) is 6.54 Å². The second kappa shape index (κ2) is 9.10. The van der Waals surface area contributed by atoms with Crippen LogP contribution in [0.15, 0.2) is 65.1 Å². The Balaban J connectivity index is 1.46. The molecule has 0 fully saturated rings. The number of hydrogen-bond donors (Lipinski definition) is 2. The van der Waals surface area contributed by atoms with Crippen LogP contribution in [-0.2, 0) is 11.4 Å². The van der Waals surface area contributed by atoms with Crippen molar-refractivity contribution in [3.63, 3.8) is 0 Å². The highest BCUT2D eigenvalue weighted by atomic mass is 35.5. The van der Waals surface area contributed by atoms with Crippen LogP contribution in [0.1, 0.15) is 21.9 Å². The molecule has 0 saturated heterocycles. The second-order valence-corrected chi connectivity index (χ2v) is 6.54. The Kier molecular flexibility index (Phi) is 6.34. The average Bonchev–Trinajstić information content (AvgIpc) is 3.17. The van der Waals surface area contributed by atoms with Crippen LogP contribution in [0.4, 0.5) is 5.69 Å². The quantitative estimate of drug-likeness (QED) is 0.625. The molecule has 7 heteroatoms. The van der Waals surface area contributed by atoms with Gasteiger partial charge in [0, 0.05) is 10.7 Å². The normalized spacial score (nSPS) is 10.4. The number of furan rings is 1. The van der Waals surface area contributed by atoms with Crippen LogP contribution in [0, 0.1) is 6.92 Å². The Labute approximate surface area is 167 Å². The second-order valence-electron chi connectivity index (χ2n) is 6.11. The van der Waals surface area contributed by atoms with Gasteiger partial charge in [-0.15, -0.1) is 0 Å². The van der Waals surface area contributed by atoms with E-state index in [0.29, 0.717) is 22.2 Å². The summed E-state index contributed by atoms with van der Waals surface area (Å²) >= 11 is 5.80. The molecule has 0 aliphatic rings. The van der Waals surface area contributed by atoms with Crippen LogP contribution in [0.3, 0.4) is 0 Å². The first-order valence-corrected chi connectivity index (χ1v) is 8.99. The van der Waals surface area contributed by atoms with Crippen molar-refractivity contribution < 1.29 is 18.7 Å². The maximum atomic E-state index is 12.1. The molecule has 6 nitrogen and oxygen atoms in total. The molecule has 28 heavy (non-hydrogen) atoms. The van der Waals surface area contributed by atoms with Crippen molar-refractivity contribution in [3.05, 3.63) is 82.8 Å². The van der Waals surface area contributed by atoms with E-state index in [9.17, 15) is 9.59 Å². The van der Waals surface area contributed by atoms with Gasteiger partial charge in [0.2, 0.25) is 5.91 Å². The van der Waals surface area contributed by atoms with Gasteiger partial charge in [0.1, 0.15) is 18.1 Å². The van der Waals surface area contributed by atoms with Crippen LogP contribution < -0.4 is 15.4 Å². The first kappa shape index (κ1) is 19.5. The molecule has 0 aliphatic heterocycles. The highest BCUT2D eigenvalue weighted by Crippen LogP contribution is 2.16. The zero-order valence-corrected chi connectivity index (χ0v) is 16.0. The van der Waals surface area contributed by atoms with Gasteiger partial charge in [-0.1, -0.05) is 29.3 Å². The van der Waals surface area contributed by atoms with E-state index >= 15 is 0 Å². The topological polar surface area (TPSA) is 80.6 Å². The van der Waals surface area contributed by atoms with Crippen LogP contribution >= 0.6 is 11.6 Å². The van der Waals surface area contributed by atoms with E-state index in [2.05, 4.69) is 10.6 Å². The van der Waals surface area contributed by atoms with E-state index in [0.717, 1.165) is 5.56 Å². The van der Waals surface area contributed by atoms with E-state index in [4.69, 9.17) is 20.8 Å². The summed E-state index contributed by atoms with van der Waals surface area (Å²) in [6, 6.07) is 17.5. The molecule has 1 aromatic heterocycles. The molecule has 0 unspecified atom stereocenters. The molecular weight excluding hydrogens is 380 g/mol. The first-order chi connectivity index (χ1) is 13.5. The number of halogens is 1. The van der Waals surface area contributed by atoms with Gasteiger partial charge < -0.3 is 19.8 Å². The number of hydrogen-bond acceptors (Lipinski definition) is 4. The number of carbonyl (C=O) groups excluding carboxylic acids is 2. The summed E-state index contributed by atoms with van der Waals surface area (Å²) < 4.78 is 11.1. The number of benzene rings is 2. The molecule has 2 N–H and O–H groups in total. The van der Waals surface area contributed by atoms with Gasteiger partial charge in [-0.25, -0.2) is 0 Å². The standard InChI is InChI=1S/C21H19ClN2O4/c1-14-2-8-17(9-3-14)27-13-18-10-11-19(28-18)21(26)23-12-20(25)24-16-6-4-15(22)5-7-16/h2-11H,12-13H2,1H3,(H,23,26)(H,24,25). The summed E-state index contributed by atoms with van der Waals surface area (Å²) in [4.78, 5) is 24.0. The highest BCUT2D eigenvalue weighted by Gasteiger charge is 2.13. The van der Waals surface area contributed by atoms with Crippen LogP contribution in [-0.4, -0.2) is 18.4 Å². The Morgan fingerprint density at radius 2 is 1.71 bits per heavy atom. The van der Waals surface area contributed by atoms with Gasteiger partial charge >= 0.3 is 0 Å². The average molecular weight is 399 g/mol. The third-order valence-electron chi connectivity index (χ3n) is 3.83. The molecule has 3 rings (SSSR count). The summed E-state index contributed by atoms with van der Waals surface area (Å²) in [5, 5.41) is 5.75. The molecular formula is C21H19ClN2O4. The fraction of sp³-hybridized carbons (Fsp3) is 0.143. The SMILES string of the molecule is Cc1ccc(OCc2ccc(C(=O)NCC(=O)Nc3ccc(Cl)cc3)o2)cc1. The fourth-order valence-corrected chi connectivity index (χ4v) is 2.48. The molecule has 0 atom stereocenters. The third kappa shape index (κ3) is 5.62. The van der Waals surface area contributed by atoms with Crippen molar-refractivity contribution in [1.82, 2.24) is 5.32 Å². The van der Waals surface area contributed by atoms with Crippen molar-refractivity contribution in [1.29, 1.82) is 0 Å². The Hall–Kier alpha value is -3.25. The Morgan fingerprint density at radius 3 is 2.43 bits per heavy atom. The Morgan fingerprint density at radius 1 is 1.00 bits per heavy atom. The van der Waals surface area contributed by atoms with E-state index in [-0.39, 0.29) is 24.8 Å². The summed E-state index contributed by atoms with van der Waals surface area (Å²) in [6.07, 6.45) is 0. The molecule has 2 amide bonds. The monoisotopic (exact) mass is 398 g/mol. The van der Waals surface area contributed by atoms with E-state index < -0.39 is 5.91 Å². The number of carbonyl (C=O) groups is 2. The van der Waals surface area contributed by atoms with E-state index in [1.807, 2.05) is 31.2 Å². The molecule has 2 aromatic carbocycles. The highest BCUT2D eigenvalue weighted by molar-refractivity contribution is 6.30. The zero-order valence-electron chi connectivity index (χ0n) is 15.2.